The molecule has 18 heavy (non-hydrogen) atoms. The molecule has 3 nitrogen and oxygen atoms in total. The molecule has 0 aromatic carbocycles. The fourth-order valence-electron chi connectivity index (χ4n) is 2.83. The molecule has 0 unspecified atom stereocenters. The minimum Gasteiger partial charge on any atom is -0.310 e. The van der Waals surface area contributed by atoms with Crippen LogP contribution in [0.5, 0.6) is 0 Å². The Morgan fingerprint density at radius 3 is 2.89 bits per heavy atom. The Morgan fingerprint density at radius 2 is 2.22 bits per heavy atom. The predicted octanol–water partition coefficient (Wildman–Crippen LogP) is 2.44. The number of hydrogen-bond donors (Lipinski definition) is 1. The van der Waals surface area contributed by atoms with Gasteiger partial charge in [0.15, 0.2) is 0 Å². The minimum absolute atomic E-state index is 0.304. The lowest BCUT2D eigenvalue weighted by molar-refractivity contribution is 0.191. The average Bonchev–Trinajstić information content (AvgIpc) is 2.63. The van der Waals surface area contributed by atoms with Crippen molar-refractivity contribution in [2.75, 3.05) is 19.6 Å². The van der Waals surface area contributed by atoms with Gasteiger partial charge in [-0.05, 0) is 44.0 Å². The van der Waals surface area contributed by atoms with E-state index in [9.17, 15) is 0 Å². The lowest BCUT2D eigenvalue weighted by Crippen LogP contribution is -2.50. The van der Waals surface area contributed by atoms with Crippen LogP contribution < -0.4 is 5.32 Å². The van der Waals surface area contributed by atoms with E-state index >= 15 is 0 Å². The predicted molar refractivity (Wildman–Crippen MR) is 75.4 cm³/mol. The minimum atomic E-state index is 0.304. The van der Waals surface area contributed by atoms with Gasteiger partial charge in [-0.15, -0.1) is 0 Å². The Balaban J connectivity index is 2.03. The fourth-order valence-corrected chi connectivity index (χ4v) is 2.83. The van der Waals surface area contributed by atoms with Gasteiger partial charge in [0.05, 0.1) is 0 Å². The van der Waals surface area contributed by atoms with Gasteiger partial charge in [0.25, 0.3) is 0 Å². The van der Waals surface area contributed by atoms with Crippen molar-refractivity contribution in [2.45, 2.75) is 45.2 Å². The number of nitrogens with one attached hydrogen (secondary N) is 1. The summed E-state index contributed by atoms with van der Waals surface area (Å²) in [5.74, 6) is 0. The third kappa shape index (κ3) is 3.30. The molecule has 0 aliphatic carbocycles. The van der Waals surface area contributed by atoms with Crippen LogP contribution in [0.3, 0.4) is 0 Å². The van der Waals surface area contributed by atoms with Crippen LogP contribution in [0.1, 0.15) is 38.7 Å². The summed E-state index contributed by atoms with van der Waals surface area (Å²) in [4.78, 5) is 6.78. The average molecular weight is 247 g/mol. The van der Waals surface area contributed by atoms with E-state index in [1.807, 2.05) is 18.5 Å². The maximum atomic E-state index is 4.21. The van der Waals surface area contributed by atoms with Gasteiger partial charge in [0.1, 0.15) is 0 Å². The molecule has 2 rings (SSSR count). The lowest BCUT2D eigenvalue weighted by atomic mass is 9.92. The second-order valence-electron chi connectivity index (χ2n) is 5.34. The third-order valence-corrected chi connectivity index (χ3v) is 4.16. The smallest absolute Gasteiger partial charge is 0.0312 e. The number of aromatic nitrogens is 1. The first-order chi connectivity index (χ1) is 8.78. The van der Waals surface area contributed by atoms with Crippen molar-refractivity contribution in [2.24, 2.45) is 0 Å². The van der Waals surface area contributed by atoms with Crippen LogP contribution in [-0.2, 0) is 6.54 Å². The molecule has 2 heterocycles. The number of pyridine rings is 1. The van der Waals surface area contributed by atoms with Crippen molar-refractivity contribution in [1.82, 2.24) is 15.2 Å². The first kappa shape index (κ1) is 13.5. The second-order valence-corrected chi connectivity index (χ2v) is 5.34. The van der Waals surface area contributed by atoms with Gasteiger partial charge in [0, 0.05) is 31.0 Å². The Morgan fingerprint density at radius 1 is 1.39 bits per heavy atom. The molecule has 0 atom stereocenters. The maximum absolute atomic E-state index is 4.21. The van der Waals surface area contributed by atoms with Crippen LogP contribution in [0.2, 0.25) is 0 Å². The van der Waals surface area contributed by atoms with Crippen molar-refractivity contribution in [1.29, 1.82) is 0 Å². The number of nitrogens with zero attached hydrogens (tertiary/aromatic N) is 2. The molecule has 0 bridgehead atoms. The number of hydrogen-bond acceptors (Lipinski definition) is 3. The molecule has 1 aromatic rings. The van der Waals surface area contributed by atoms with E-state index in [4.69, 9.17) is 0 Å². The topological polar surface area (TPSA) is 28.2 Å². The first-order valence-corrected chi connectivity index (χ1v) is 7.14. The van der Waals surface area contributed by atoms with Gasteiger partial charge in [-0.1, -0.05) is 19.9 Å². The highest BCUT2D eigenvalue weighted by molar-refractivity contribution is 5.08. The summed E-state index contributed by atoms with van der Waals surface area (Å²) in [6.45, 7) is 9.09. The molecular formula is C15H25N3. The highest BCUT2D eigenvalue weighted by atomic mass is 15.2. The Hall–Kier alpha value is -0.930. The van der Waals surface area contributed by atoms with Crippen molar-refractivity contribution >= 4 is 0 Å². The highest BCUT2D eigenvalue weighted by Gasteiger charge is 2.29. The van der Waals surface area contributed by atoms with Crippen LogP contribution in [0.15, 0.2) is 24.5 Å². The zero-order valence-corrected chi connectivity index (χ0v) is 11.7. The maximum Gasteiger partial charge on any atom is 0.0312 e. The van der Waals surface area contributed by atoms with Crippen LogP contribution in [0, 0.1) is 0 Å². The normalized spacial score (nSPS) is 20.6. The molecule has 0 saturated carbocycles. The summed E-state index contributed by atoms with van der Waals surface area (Å²) in [6, 6.07) is 4.20. The standard InChI is InChI=1S/C15H25N3/c1-3-15(4-2)13-18(10-6-9-17-15)12-14-7-5-8-16-11-14/h5,7-8,11,17H,3-4,6,9-10,12-13H2,1-2H3. The van der Waals surface area contributed by atoms with E-state index in [1.165, 1.54) is 31.4 Å². The Kier molecular flexibility index (Phi) is 4.72. The van der Waals surface area contributed by atoms with Gasteiger partial charge in [-0.25, -0.2) is 0 Å². The first-order valence-electron chi connectivity index (χ1n) is 7.14. The SMILES string of the molecule is CCC1(CC)CN(Cc2cccnc2)CCCN1. The van der Waals surface area contributed by atoms with Gasteiger partial charge >= 0.3 is 0 Å². The van der Waals surface area contributed by atoms with E-state index < -0.39 is 0 Å². The zero-order chi connectivity index (χ0) is 12.8. The monoisotopic (exact) mass is 247 g/mol. The van der Waals surface area contributed by atoms with Crippen molar-refractivity contribution in [3.63, 3.8) is 0 Å². The quantitative estimate of drug-likeness (QED) is 0.886. The van der Waals surface area contributed by atoms with Crippen LogP contribution in [0.4, 0.5) is 0 Å². The second kappa shape index (κ2) is 6.30. The molecule has 3 heteroatoms. The van der Waals surface area contributed by atoms with Crippen LogP contribution in [0.25, 0.3) is 0 Å². The molecule has 1 fully saturated rings. The summed E-state index contributed by atoms with van der Waals surface area (Å²) < 4.78 is 0. The molecule has 1 aliphatic heterocycles. The summed E-state index contributed by atoms with van der Waals surface area (Å²) in [6.07, 6.45) is 7.47. The van der Waals surface area contributed by atoms with Crippen molar-refractivity contribution in [3.05, 3.63) is 30.1 Å². The van der Waals surface area contributed by atoms with E-state index in [1.54, 1.807) is 0 Å². The summed E-state index contributed by atoms with van der Waals surface area (Å²) in [5.41, 5.74) is 1.62. The van der Waals surface area contributed by atoms with Crippen LogP contribution >= 0.6 is 0 Å². The Labute approximate surface area is 111 Å². The third-order valence-electron chi connectivity index (χ3n) is 4.16. The molecule has 1 saturated heterocycles. The molecule has 0 radical (unpaired) electrons. The van der Waals surface area contributed by atoms with E-state index in [2.05, 4.69) is 35.1 Å². The molecule has 100 valence electrons. The summed E-state index contributed by atoms with van der Waals surface area (Å²) in [7, 11) is 0. The zero-order valence-electron chi connectivity index (χ0n) is 11.7. The molecule has 1 aliphatic rings. The van der Waals surface area contributed by atoms with Gasteiger partial charge in [0.2, 0.25) is 0 Å². The van der Waals surface area contributed by atoms with E-state index in [0.717, 1.165) is 19.6 Å². The molecular weight excluding hydrogens is 222 g/mol. The van der Waals surface area contributed by atoms with Crippen molar-refractivity contribution < 1.29 is 0 Å². The fraction of sp³-hybridized carbons (Fsp3) is 0.667. The number of rotatable bonds is 4. The summed E-state index contributed by atoms with van der Waals surface area (Å²) >= 11 is 0. The highest BCUT2D eigenvalue weighted by Crippen LogP contribution is 2.20. The summed E-state index contributed by atoms with van der Waals surface area (Å²) in [5, 5.41) is 3.75. The van der Waals surface area contributed by atoms with Gasteiger partial charge < -0.3 is 5.32 Å². The van der Waals surface area contributed by atoms with Gasteiger partial charge in [-0.3, -0.25) is 9.88 Å². The van der Waals surface area contributed by atoms with Crippen molar-refractivity contribution in [3.8, 4) is 0 Å². The van der Waals surface area contributed by atoms with E-state index in [0.29, 0.717) is 5.54 Å². The molecule has 1 N–H and O–H groups in total. The largest absolute Gasteiger partial charge is 0.310 e. The Bertz CT molecular complexity index is 346. The van der Waals surface area contributed by atoms with Gasteiger partial charge in [-0.2, -0.15) is 0 Å². The molecule has 0 spiro atoms. The molecule has 1 aromatic heterocycles. The lowest BCUT2D eigenvalue weighted by Gasteiger charge is -2.35. The molecule has 0 amide bonds. The van der Waals surface area contributed by atoms with E-state index in [-0.39, 0.29) is 0 Å². The van der Waals surface area contributed by atoms with Crippen LogP contribution in [-0.4, -0.2) is 35.1 Å².